The number of likely N-dealkylation sites (N-methyl/N-ethyl adjacent to an activating group) is 1. The molecule has 0 radical (unpaired) electrons. The number of nitriles is 1. The molecule has 3 aliphatic rings. The van der Waals surface area contributed by atoms with Gasteiger partial charge in [0.1, 0.15) is 18.1 Å². The minimum absolute atomic E-state index is 0.0260. The van der Waals surface area contributed by atoms with Gasteiger partial charge in [0.2, 0.25) is 6.04 Å². The number of nitrogens with one attached hydrogen (secondary N) is 1. The van der Waals surface area contributed by atoms with Gasteiger partial charge in [-0.15, -0.1) is 0 Å². The van der Waals surface area contributed by atoms with E-state index in [1.165, 1.54) is 0 Å². The number of halogens is 2. The van der Waals surface area contributed by atoms with Crippen LogP contribution < -0.4 is 5.32 Å². The number of nitrogens with zero attached hydrogens (tertiary/aromatic N) is 3. The van der Waals surface area contributed by atoms with Crippen molar-refractivity contribution in [2.24, 2.45) is 11.8 Å². The molecule has 28 heavy (non-hydrogen) atoms. The fourth-order valence-corrected chi connectivity index (χ4v) is 4.22. The number of carbonyl (C=O) groups excluding carboxylic acids is 1. The molecule has 5 nitrogen and oxygen atoms in total. The lowest BCUT2D eigenvalue weighted by molar-refractivity contribution is -0.992. The lowest BCUT2D eigenvalue weighted by Gasteiger charge is -2.35. The minimum Gasteiger partial charge on any atom is -0.322 e. The van der Waals surface area contributed by atoms with Crippen LogP contribution in [0.4, 0.5) is 14.5 Å². The first-order valence-electron chi connectivity index (χ1n) is 9.39. The molecule has 1 aromatic carbocycles. The van der Waals surface area contributed by atoms with E-state index < -0.39 is 23.8 Å². The van der Waals surface area contributed by atoms with Gasteiger partial charge in [-0.2, -0.15) is 5.26 Å². The van der Waals surface area contributed by atoms with E-state index in [4.69, 9.17) is 0 Å². The highest BCUT2D eigenvalue weighted by Gasteiger charge is 2.57. The van der Waals surface area contributed by atoms with Crippen molar-refractivity contribution in [3.8, 4) is 6.07 Å². The van der Waals surface area contributed by atoms with E-state index >= 15 is 0 Å². The first kappa shape index (κ1) is 18.6. The average molecular weight is 385 g/mol. The van der Waals surface area contributed by atoms with Crippen LogP contribution in [0.15, 0.2) is 41.7 Å². The van der Waals surface area contributed by atoms with Crippen LogP contribution in [0.3, 0.4) is 0 Å². The first-order chi connectivity index (χ1) is 13.3. The Morgan fingerprint density at radius 2 is 2.00 bits per heavy atom. The summed E-state index contributed by atoms with van der Waals surface area (Å²) >= 11 is 0. The monoisotopic (exact) mass is 385 g/mol. The summed E-state index contributed by atoms with van der Waals surface area (Å²) in [6, 6.07) is 9.19. The summed E-state index contributed by atoms with van der Waals surface area (Å²) in [6.45, 7) is 0. The molecule has 0 spiro atoms. The van der Waals surface area contributed by atoms with Gasteiger partial charge in [0.15, 0.2) is 0 Å². The zero-order valence-corrected chi connectivity index (χ0v) is 16.1. The number of quaternary nitrogens is 1. The average Bonchev–Trinajstić information content (AvgIpc) is 3.25. The van der Waals surface area contributed by atoms with Crippen LogP contribution >= 0.6 is 0 Å². The number of amides is 1. The molecule has 0 aromatic heterocycles. The van der Waals surface area contributed by atoms with E-state index in [0.717, 1.165) is 11.3 Å². The Kier molecular flexibility index (Phi) is 4.27. The molecule has 1 fully saturated rings. The number of rotatable bonds is 3. The van der Waals surface area contributed by atoms with Crippen LogP contribution in [-0.2, 0) is 4.79 Å². The second-order valence-electron chi connectivity index (χ2n) is 8.15. The van der Waals surface area contributed by atoms with Crippen LogP contribution in [0.2, 0.25) is 0 Å². The second-order valence-corrected chi connectivity index (χ2v) is 8.15. The van der Waals surface area contributed by atoms with Gasteiger partial charge >= 0.3 is 0 Å². The molecule has 7 heteroatoms. The van der Waals surface area contributed by atoms with Crippen molar-refractivity contribution in [1.82, 2.24) is 5.01 Å². The van der Waals surface area contributed by atoms with E-state index in [9.17, 15) is 18.8 Å². The maximum absolute atomic E-state index is 14.1. The maximum atomic E-state index is 14.1. The summed E-state index contributed by atoms with van der Waals surface area (Å²) in [5.74, 6) is -1.84. The lowest BCUT2D eigenvalue weighted by atomic mass is 9.97. The molecular weight excluding hydrogens is 362 g/mol. The zero-order valence-electron chi connectivity index (χ0n) is 16.1. The molecule has 1 N–H and O–H groups in total. The normalized spacial score (nSPS) is 30.4. The molecule has 4 unspecified atom stereocenters. The second kappa shape index (κ2) is 6.42. The van der Waals surface area contributed by atoms with Crippen molar-refractivity contribution < 1.29 is 18.2 Å². The highest BCUT2D eigenvalue weighted by atomic mass is 19.1. The van der Waals surface area contributed by atoms with E-state index in [2.05, 4.69) is 11.4 Å². The smallest absolute Gasteiger partial charge is 0.254 e. The molecule has 1 aromatic rings. The molecule has 4 atom stereocenters. The van der Waals surface area contributed by atoms with Crippen molar-refractivity contribution in [2.75, 3.05) is 26.5 Å². The van der Waals surface area contributed by atoms with Crippen molar-refractivity contribution in [1.29, 1.82) is 5.26 Å². The number of anilines is 1. The Morgan fingerprint density at radius 1 is 1.32 bits per heavy atom. The number of benzene rings is 1. The molecular formula is C21H23F2N4O+. The highest BCUT2D eigenvalue weighted by Crippen LogP contribution is 2.55. The van der Waals surface area contributed by atoms with Crippen LogP contribution in [0.1, 0.15) is 18.4 Å². The van der Waals surface area contributed by atoms with Gasteiger partial charge in [-0.25, -0.2) is 18.4 Å². The molecule has 146 valence electrons. The molecule has 1 heterocycles. The van der Waals surface area contributed by atoms with Gasteiger partial charge in [0.05, 0.1) is 32.4 Å². The summed E-state index contributed by atoms with van der Waals surface area (Å²) in [5.41, 5.74) is 2.34. The van der Waals surface area contributed by atoms with Crippen LogP contribution in [0.25, 0.3) is 5.70 Å². The SMILES string of the molecule is CN1C(c2ccc(NC(=O)C3=C(F)CCC4C(F)C34)cc2)=CC(C#N)[N+]1(C)C. The topological polar surface area (TPSA) is 56.1 Å². The summed E-state index contributed by atoms with van der Waals surface area (Å²) in [7, 11) is 5.85. The third-order valence-corrected chi connectivity index (χ3v) is 6.33. The van der Waals surface area contributed by atoms with E-state index in [1.54, 1.807) is 12.1 Å². The quantitative estimate of drug-likeness (QED) is 0.812. The summed E-state index contributed by atoms with van der Waals surface area (Å²) in [5, 5.41) is 14.1. The largest absolute Gasteiger partial charge is 0.322 e. The van der Waals surface area contributed by atoms with E-state index in [0.29, 0.717) is 16.7 Å². The van der Waals surface area contributed by atoms with Gasteiger partial charge in [-0.1, -0.05) is 12.1 Å². The van der Waals surface area contributed by atoms with Crippen LogP contribution in [0.5, 0.6) is 0 Å². The van der Waals surface area contributed by atoms with Crippen molar-refractivity contribution >= 4 is 17.3 Å². The Hall–Kier alpha value is -2.72. The summed E-state index contributed by atoms with van der Waals surface area (Å²) < 4.78 is 28.3. The molecule has 2 aliphatic carbocycles. The zero-order chi connectivity index (χ0) is 20.2. The number of hydrogen-bond acceptors (Lipinski definition) is 3. The number of fused-ring (bicyclic) bond motifs is 1. The van der Waals surface area contributed by atoms with Crippen LogP contribution in [0, 0.1) is 23.2 Å². The fraction of sp³-hybridized carbons (Fsp3) is 0.429. The third kappa shape index (κ3) is 2.80. The van der Waals surface area contributed by atoms with Crippen molar-refractivity contribution in [3.05, 3.63) is 47.3 Å². The predicted molar refractivity (Wildman–Crippen MR) is 102 cm³/mol. The Morgan fingerprint density at radius 3 is 2.61 bits per heavy atom. The van der Waals surface area contributed by atoms with E-state index in [-0.39, 0.29) is 24.0 Å². The number of carbonyl (C=O) groups is 1. The minimum atomic E-state index is -1.10. The first-order valence-corrected chi connectivity index (χ1v) is 9.39. The number of hydrogen-bond donors (Lipinski definition) is 1. The van der Waals surface area contributed by atoms with Gasteiger partial charge in [0, 0.05) is 35.6 Å². The molecule has 1 amide bonds. The van der Waals surface area contributed by atoms with Crippen molar-refractivity contribution in [3.63, 3.8) is 0 Å². The lowest BCUT2D eigenvalue weighted by Crippen LogP contribution is -2.52. The summed E-state index contributed by atoms with van der Waals surface area (Å²) in [6.07, 6.45) is 1.43. The van der Waals surface area contributed by atoms with Gasteiger partial charge in [-0.3, -0.25) is 4.79 Å². The van der Waals surface area contributed by atoms with Gasteiger partial charge in [0.25, 0.3) is 5.91 Å². The summed E-state index contributed by atoms with van der Waals surface area (Å²) in [4.78, 5) is 12.5. The highest BCUT2D eigenvalue weighted by molar-refractivity contribution is 6.05. The van der Waals surface area contributed by atoms with Crippen molar-refractivity contribution in [2.45, 2.75) is 25.1 Å². The Balaban J connectivity index is 1.50. The Bertz CT molecular complexity index is 929. The fourth-order valence-electron chi connectivity index (χ4n) is 4.22. The molecule has 1 aliphatic heterocycles. The van der Waals surface area contributed by atoms with Gasteiger partial charge in [-0.05, 0) is 18.6 Å². The molecule has 4 rings (SSSR count). The standard InChI is InChI=1S/C21H22F2N4O/c1-26-17(10-14(11-24)27(26,2)3)12-4-6-13(7-5-12)25-21(28)19-16(22)9-8-15-18(19)20(15)23/h4-7,10,14-15,18,20H,8-9H2,1-3H3/p+1. The molecule has 0 saturated heterocycles. The Labute approximate surface area is 163 Å². The predicted octanol–water partition coefficient (Wildman–Crippen LogP) is 3.40. The van der Waals surface area contributed by atoms with Crippen LogP contribution in [-0.4, -0.2) is 48.9 Å². The number of allylic oxidation sites excluding steroid dienone is 1. The maximum Gasteiger partial charge on any atom is 0.254 e. The third-order valence-electron chi connectivity index (χ3n) is 6.33. The molecule has 1 saturated carbocycles. The molecule has 0 bridgehead atoms. The van der Waals surface area contributed by atoms with Gasteiger partial charge < -0.3 is 5.32 Å². The number of alkyl halides is 1. The van der Waals surface area contributed by atoms with E-state index in [1.807, 2.05) is 44.4 Å².